The summed E-state index contributed by atoms with van der Waals surface area (Å²) in [5, 5.41) is 3.11. The normalized spacial score (nSPS) is 25.9. The van der Waals surface area contributed by atoms with Gasteiger partial charge in [-0.3, -0.25) is 14.7 Å². The lowest BCUT2D eigenvalue weighted by Gasteiger charge is -2.42. The van der Waals surface area contributed by atoms with Gasteiger partial charge in [-0.25, -0.2) is 0 Å². The van der Waals surface area contributed by atoms with Crippen LogP contribution < -0.4 is 5.32 Å². The van der Waals surface area contributed by atoms with Crippen LogP contribution in [0.15, 0.2) is 24.5 Å². The Morgan fingerprint density at radius 2 is 2.00 bits per heavy atom. The first-order valence-corrected chi connectivity index (χ1v) is 10.4. The van der Waals surface area contributed by atoms with Gasteiger partial charge in [0.25, 0.3) is 0 Å². The molecule has 1 aromatic heterocycles. The minimum atomic E-state index is 0.143. The van der Waals surface area contributed by atoms with Gasteiger partial charge in [0, 0.05) is 38.1 Å². The Kier molecular flexibility index (Phi) is 5.85. The van der Waals surface area contributed by atoms with Crippen LogP contribution in [0.3, 0.4) is 0 Å². The van der Waals surface area contributed by atoms with E-state index in [1.165, 1.54) is 51.9 Å². The van der Waals surface area contributed by atoms with Crippen LogP contribution >= 0.6 is 0 Å². The average molecular weight is 357 g/mol. The summed E-state index contributed by atoms with van der Waals surface area (Å²) in [5.41, 5.74) is 1.07. The van der Waals surface area contributed by atoms with Gasteiger partial charge in [0.15, 0.2) is 0 Å². The molecule has 1 unspecified atom stereocenters. The van der Waals surface area contributed by atoms with Crippen molar-refractivity contribution in [2.75, 3.05) is 32.7 Å². The summed E-state index contributed by atoms with van der Waals surface area (Å²) in [6, 6.07) is 4.61. The molecule has 5 nitrogen and oxygen atoms in total. The number of amides is 1. The molecule has 3 heterocycles. The fraction of sp³-hybridized carbons (Fsp3) is 0.714. The lowest BCUT2D eigenvalue weighted by atomic mass is 9.93. The Morgan fingerprint density at radius 3 is 2.73 bits per heavy atom. The monoisotopic (exact) mass is 356 g/mol. The first-order chi connectivity index (χ1) is 12.8. The zero-order chi connectivity index (χ0) is 17.8. The van der Waals surface area contributed by atoms with E-state index in [1.807, 2.05) is 18.3 Å². The molecule has 1 amide bonds. The molecule has 2 saturated heterocycles. The first-order valence-electron chi connectivity index (χ1n) is 10.4. The fourth-order valence-electron chi connectivity index (χ4n) is 4.52. The number of likely N-dealkylation sites (tertiary alicyclic amines) is 2. The molecule has 0 aromatic carbocycles. The Balaban J connectivity index is 1.22. The van der Waals surface area contributed by atoms with Crippen molar-refractivity contribution in [1.29, 1.82) is 0 Å². The molecule has 1 saturated carbocycles. The second kappa shape index (κ2) is 8.49. The number of rotatable bonds is 6. The molecule has 0 bridgehead atoms. The van der Waals surface area contributed by atoms with Crippen LogP contribution in [-0.2, 0) is 11.3 Å². The van der Waals surface area contributed by atoms with Gasteiger partial charge in [-0.05, 0) is 75.7 Å². The van der Waals surface area contributed by atoms with Crippen LogP contribution in [0.5, 0.6) is 0 Å². The number of pyridine rings is 1. The van der Waals surface area contributed by atoms with Gasteiger partial charge in [0.05, 0.1) is 5.92 Å². The van der Waals surface area contributed by atoms with E-state index >= 15 is 0 Å². The molecule has 0 radical (unpaired) electrons. The molecule has 1 aromatic rings. The van der Waals surface area contributed by atoms with E-state index in [0.717, 1.165) is 30.9 Å². The molecular formula is C21H32N4O. The van der Waals surface area contributed by atoms with Gasteiger partial charge in [0.2, 0.25) is 5.91 Å². The summed E-state index contributed by atoms with van der Waals surface area (Å²) in [7, 11) is 0. The van der Waals surface area contributed by atoms with E-state index in [1.54, 1.807) is 6.20 Å². The summed E-state index contributed by atoms with van der Waals surface area (Å²) in [4.78, 5) is 22.0. The van der Waals surface area contributed by atoms with Crippen molar-refractivity contribution < 1.29 is 4.79 Å². The van der Waals surface area contributed by atoms with E-state index in [0.29, 0.717) is 12.6 Å². The van der Waals surface area contributed by atoms with E-state index in [2.05, 4.69) is 20.1 Å². The molecule has 26 heavy (non-hydrogen) atoms. The van der Waals surface area contributed by atoms with Crippen molar-refractivity contribution in [3.8, 4) is 0 Å². The highest BCUT2D eigenvalue weighted by molar-refractivity contribution is 5.78. The topological polar surface area (TPSA) is 48.5 Å². The second-order valence-corrected chi connectivity index (χ2v) is 8.39. The summed E-state index contributed by atoms with van der Waals surface area (Å²) < 4.78 is 0. The molecule has 4 rings (SSSR count). The molecule has 2 aliphatic heterocycles. The third-order valence-electron chi connectivity index (χ3n) is 6.30. The van der Waals surface area contributed by atoms with Crippen LogP contribution in [-0.4, -0.2) is 59.5 Å². The van der Waals surface area contributed by atoms with Crippen LogP contribution in [0, 0.1) is 11.8 Å². The highest BCUT2D eigenvalue weighted by Gasteiger charge is 2.32. The van der Waals surface area contributed by atoms with Gasteiger partial charge < -0.3 is 10.2 Å². The Morgan fingerprint density at radius 1 is 1.15 bits per heavy atom. The van der Waals surface area contributed by atoms with Crippen LogP contribution in [0.25, 0.3) is 0 Å². The SMILES string of the molecule is O=C(NCc1cccnc1)C1CCCN(C2CCN(CC3CC3)CC2)C1. The first kappa shape index (κ1) is 17.9. The highest BCUT2D eigenvalue weighted by Crippen LogP contribution is 2.31. The van der Waals surface area contributed by atoms with Crippen molar-refractivity contribution in [1.82, 2.24) is 20.1 Å². The molecule has 1 N–H and O–H groups in total. The molecule has 5 heteroatoms. The molecule has 1 atom stereocenters. The van der Waals surface area contributed by atoms with Gasteiger partial charge >= 0.3 is 0 Å². The van der Waals surface area contributed by atoms with Crippen molar-refractivity contribution in [3.05, 3.63) is 30.1 Å². The quantitative estimate of drug-likeness (QED) is 0.850. The summed E-state index contributed by atoms with van der Waals surface area (Å²) in [6.07, 6.45) is 11.2. The molecule has 3 fully saturated rings. The molecule has 0 spiro atoms. The zero-order valence-corrected chi connectivity index (χ0v) is 15.8. The zero-order valence-electron chi connectivity index (χ0n) is 15.8. The number of piperidine rings is 2. The third kappa shape index (κ3) is 4.83. The molecule has 142 valence electrons. The maximum atomic E-state index is 12.6. The minimum absolute atomic E-state index is 0.143. The fourth-order valence-corrected chi connectivity index (χ4v) is 4.52. The molecular weight excluding hydrogens is 324 g/mol. The second-order valence-electron chi connectivity index (χ2n) is 8.39. The maximum absolute atomic E-state index is 12.6. The van der Waals surface area contributed by atoms with E-state index in [4.69, 9.17) is 0 Å². The van der Waals surface area contributed by atoms with Gasteiger partial charge in [-0.1, -0.05) is 6.07 Å². The highest BCUT2D eigenvalue weighted by atomic mass is 16.1. The van der Waals surface area contributed by atoms with Crippen molar-refractivity contribution in [3.63, 3.8) is 0 Å². The van der Waals surface area contributed by atoms with Crippen molar-refractivity contribution in [2.24, 2.45) is 11.8 Å². The van der Waals surface area contributed by atoms with Gasteiger partial charge in [0.1, 0.15) is 0 Å². The largest absolute Gasteiger partial charge is 0.352 e. The van der Waals surface area contributed by atoms with Crippen molar-refractivity contribution >= 4 is 5.91 Å². The average Bonchev–Trinajstić information content (AvgIpc) is 3.52. The number of hydrogen-bond donors (Lipinski definition) is 1. The van der Waals surface area contributed by atoms with Gasteiger partial charge in [-0.15, -0.1) is 0 Å². The van der Waals surface area contributed by atoms with Crippen molar-refractivity contribution in [2.45, 2.75) is 51.1 Å². The summed E-state index contributed by atoms with van der Waals surface area (Å²) in [5.74, 6) is 1.35. The minimum Gasteiger partial charge on any atom is -0.352 e. The Labute approximate surface area is 157 Å². The Bertz CT molecular complexity index is 581. The number of nitrogens with one attached hydrogen (secondary N) is 1. The third-order valence-corrected chi connectivity index (χ3v) is 6.30. The summed E-state index contributed by atoms with van der Waals surface area (Å²) >= 11 is 0. The van der Waals surface area contributed by atoms with Crippen LogP contribution in [0.1, 0.15) is 44.1 Å². The molecule has 1 aliphatic carbocycles. The van der Waals surface area contributed by atoms with Gasteiger partial charge in [-0.2, -0.15) is 0 Å². The lowest BCUT2D eigenvalue weighted by molar-refractivity contribution is -0.127. The number of hydrogen-bond acceptors (Lipinski definition) is 4. The number of carbonyl (C=O) groups excluding carboxylic acids is 1. The standard InChI is InChI=1S/C21H32N4O/c26-21(23-14-18-3-1-9-22-13-18)19-4-2-10-25(16-19)20-7-11-24(12-8-20)15-17-5-6-17/h1,3,9,13,17,19-20H,2,4-8,10-12,14-16H2,(H,23,26). The van der Waals surface area contributed by atoms with E-state index in [9.17, 15) is 4.79 Å². The predicted octanol–water partition coefficient (Wildman–Crippen LogP) is 2.28. The van der Waals surface area contributed by atoms with E-state index in [-0.39, 0.29) is 11.8 Å². The lowest BCUT2D eigenvalue weighted by Crippen LogP contribution is -2.50. The number of aromatic nitrogens is 1. The summed E-state index contributed by atoms with van der Waals surface area (Å²) in [6.45, 7) is 6.51. The predicted molar refractivity (Wildman–Crippen MR) is 103 cm³/mol. The van der Waals surface area contributed by atoms with E-state index < -0.39 is 0 Å². The number of carbonyl (C=O) groups is 1. The molecule has 3 aliphatic rings. The Hall–Kier alpha value is -1.46. The number of nitrogens with zero attached hydrogens (tertiary/aromatic N) is 3. The van der Waals surface area contributed by atoms with Crippen LogP contribution in [0.4, 0.5) is 0 Å². The maximum Gasteiger partial charge on any atom is 0.224 e. The van der Waals surface area contributed by atoms with Crippen LogP contribution in [0.2, 0.25) is 0 Å². The smallest absolute Gasteiger partial charge is 0.224 e.